The van der Waals surface area contributed by atoms with Crippen molar-refractivity contribution in [1.82, 2.24) is 10.3 Å². The van der Waals surface area contributed by atoms with Crippen molar-refractivity contribution in [2.75, 3.05) is 0 Å². The van der Waals surface area contributed by atoms with Gasteiger partial charge in [-0.1, -0.05) is 22.9 Å². The van der Waals surface area contributed by atoms with Gasteiger partial charge in [0.25, 0.3) is 5.69 Å². The van der Waals surface area contributed by atoms with E-state index in [0.29, 0.717) is 23.5 Å². The van der Waals surface area contributed by atoms with Crippen LogP contribution in [0.5, 0.6) is 0 Å². The molecule has 0 atom stereocenters. The van der Waals surface area contributed by atoms with E-state index in [4.69, 9.17) is 4.42 Å². The molecule has 0 fully saturated rings. The molecular formula is C13H14BrN3O3. The minimum absolute atomic E-state index is 0.0700. The Kier molecular flexibility index (Phi) is 4.86. The number of hydrogen-bond acceptors (Lipinski definition) is 5. The summed E-state index contributed by atoms with van der Waals surface area (Å²) in [6.45, 7) is 2.99. The van der Waals surface area contributed by atoms with Crippen molar-refractivity contribution in [2.45, 2.75) is 26.4 Å². The fourth-order valence-corrected chi connectivity index (χ4v) is 2.28. The lowest BCUT2D eigenvalue weighted by Gasteiger charge is -2.03. The van der Waals surface area contributed by atoms with E-state index in [1.165, 1.54) is 6.07 Å². The van der Waals surface area contributed by atoms with Crippen LogP contribution >= 0.6 is 15.9 Å². The number of nitro groups is 1. The summed E-state index contributed by atoms with van der Waals surface area (Å²) in [6, 6.07) is 4.86. The fraction of sp³-hybridized carbons (Fsp3) is 0.308. The van der Waals surface area contributed by atoms with Crippen molar-refractivity contribution in [1.29, 1.82) is 0 Å². The first-order valence-corrected chi connectivity index (χ1v) is 6.96. The molecule has 0 saturated carbocycles. The van der Waals surface area contributed by atoms with Crippen molar-refractivity contribution in [3.05, 3.63) is 56.2 Å². The van der Waals surface area contributed by atoms with E-state index in [0.717, 1.165) is 17.7 Å². The second-order valence-electron chi connectivity index (χ2n) is 4.25. The SMILES string of the molecule is CCc1cnc(CNCc2cc(Br)cc([N+](=O)[O-])c2)o1. The maximum atomic E-state index is 10.8. The third-order valence-electron chi connectivity index (χ3n) is 2.71. The Morgan fingerprint density at radius 2 is 2.20 bits per heavy atom. The van der Waals surface area contributed by atoms with Gasteiger partial charge in [0.2, 0.25) is 5.89 Å². The first-order chi connectivity index (χ1) is 9.58. The Hall–Kier alpha value is -1.73. The third kappa shape index (κ3) is 3.88. The predicted molar refractivity (Wildman–Crippen MR) is 77.2 cm³/mol. The molecule has 1 N–H and O–H groups in total. The smallest absolute Gasteiger partial charge is 0.270 e. The van der Waals surface area contributed by atoms with Gasteiger partial charge in [-0.15, -0.1) is 0 Å². The van der Waals surface area contributed by atoms with E-state index < -0.39 is 4.92 Å². The van der Waals surface area contributed by atoms with Crippen molar-refractivity contribution < 1.29 is 9.34 Å². The zero-order valence-corrected chi connectivity index (χ0v) is 12.5. The average molecular weight is 340 g/mol. The molecule has 0 unspecified atom stereocenters. The molecule has 0 aliphatic rings. The van der Waals surface area contributed by atoms with Crippen LogP contribution in [0.2, 0.25) is 0 Å². The van der Waals surface area contributed by atoms with E-state index in [9.17, 15) is 10.1 Å². The molecule has 0 aliphatic carbocycles. The highest BCUT2D eigenvalue weighted by Gasteiger charge is 2.09. The summed E-state index contributed by atoms with van der Waals surface area (Å²) in [4.78, 5) is 14.5. The number of oxazole rings is 1. The first-order valence-electron chi connectivity index (χ1n) is 6.16. The number of nitrogens with zero attached hydrogens (tertiary/aromatic N) is 2. The lowest BCUT2D eigenvalue weighted by molar-refractivity contribution is -0.385. The van der Waals surface area contributed by atoms with Gasteiger partial charge >= 0.3 is 0 Å². The van der Waals surface area contributed by atoms with E-state index in [1.807, 2.05) is 13.0 Å². The molecule has 2 aromatic rings. The Morgan fingerprint density at radius 3 is 2.85 bits per heavy atom. The summed E-state index contributed by atoms with van der Waals surface area (Å²) in [5.41, 5.74) is 0.897. The van der Waals surface area contributed by atoms with Gasteiger partial charge in [0.1, 0.15) is 5.76 Å². The molecule has 0 saturated heterocycles. The summed E-state index contributed by atoms with van der Waals surface area (Å²) >= 11 is 3.27. The number of nitro benzene ring substituents is 1. The third-order valence-corrected chi connectivity index (χ3v) is 3.17. The maximum Gasteiger partial charge on any atom is 0.270 e. The molecular weight excluding hydrogens is 326 g/mol. The zero-order valence-electron chi connectivity index (χ0n) is 10.9. The quantitative estimate of drug-likeness (QED) is 0.645. The second kappa shape index (κ2) is 6.62. The van der Waals surface area contributed by atoms with Gasteiger partial charge in [-0.2, -0.15) is 0 Å². The molecule has 0 bridgehead atoms. The highest BCUT2D eigenvalue weighted by molar-refractivity contribution is 9.10. The molecule has 0 amide bonds. The molecule has 0 radical (unpaired) electrons. The maximum absolute atomic E-state index is 10.8. The van der Waals surface area contributed by atoms with E-state index in [1.54, 1.807) is 12.3 Å². The Morgan fingerprint density at radius 1 is 1.40 bits per heavy atom. The number of nitrogens with one attached hydrogen (secondary N) is 1. The summed E-state index contributed by atoms with van der Waals surface area (Å²) in [5, 5.41) is 13.9. The van der Waals surface area contributed by atoms with Gasteiger partial charge < -0.3 is 9.73 Å². The van der Waals surface area contributed by atoms with Crippen LogP contribution in [0.15, 0.2) is 33.3 Å². The summed E-state index contributed by atoms with van der Waals surface area (Å²) < 4.78 is 6.15. The van der Waals surface area contributed by atoms with Crippen molar-refractivity contribution in [3.8, 4) is 0 Å². The summed E-state index contributed by atoms with van der Waals surface area (Å²) in [7, 11) is 0. The van der Waals surface area contributed by atoms with E-state index in [2.05, 4.69) is 26.2 Å². The van der Waals surface area contributed by atoms with Crippen LogP contribution in [0.3, 0.4) is 0 Å². The van der Waals surface area contributed by atoms with Crippen molar-refractivity contribution >= 4 is 21.6 Å². The predicted octanol–water partition coefficient (Wildman–Crippen LogP) is 3.20. The molecule has 20 heavy (non-hydrogen) atoms. The first kappa shape index (κ1) is 14.7. The lowest BCUT2D eigenvalue weighted by atomic mass is 10.2. The van der Waals surface area contributed by atoms with Crippen LogP contribution in [0.1, 0.15) is 24.1 Å². The standard InChI is InChI=1S/C13H14BrN3O3/c1-2-12-7-16-13(20-12)8-15-6-9-3-10(14)5-11(4-9)17(18)19/h3-5,7,15H,2,6,8H2,1H3. The molecule has 2 rings (SSSR count). The highest BCUT2D eigenvalue weighted by Crippen LogP contribution is 2.21. The van der Waals surface area contributed by atoms with Gasteiger partial charge in [0.15, 0.2) is 0 Å². The second-order valence-corrected chi connectivity index (χ2v) is 5.17. The minimum atomic E-state index is -0.407. The molecule has 1 aromatic heterocycles. The van der Waals surface area contributed by atoms with Crippen LogP contribution in [-0.2, 0) is 19.5 Å². The number of rotatable bonds is 6. The van der Waals surface area contributed by atoms with Crippen LogP contribution in [-0.4, -0.2) is 9.91 Å². The Bertz CT molecular complexity index is 613. The van der Waals surface area contributed by atoms with Crippen molar-refractivity contribution in [2.24, 2.45) is 0 Å². The van der Waals surface area contributed by atoms with E-state index in [-0.39, 0.29) is 5.69 Å². The molecule has 1 aromatic carbocycles. The zero-order chi connectivity index (χ0) is 14.5. The number of hydrogen-bond donors (Lipinski definition) is 1. The lowest BCUT2D eigenvalue weighted by Crippen LogP contribution is -2.13. The largest absolute Gasteiger partial charge is 0.444 e. The fourth-order valence-electron chi connectivity index (χ4n) is 1.75. The molecule has 106 valence electrons. The molecule has 7 heteroatoms. The topological polar surface area (TPSA) is 81.2 Å². The van der Waals surface area contributed by atoms with Gasteiger partial charge in [-0.05, 0) is 11.6 Å². The Labute approximate surface area is 124 Å². The number of aromatic nitrogens is 1. The van der Waals surface area contributed by atoms with Gasteiger partial charge in [0, 0.05) is 29.6 Å². The highest BCUT2D eigenvalue weighted by atomic mass is 79.9. The molecule has 6 nitrogen and oxygen atoms in total. The molecule has 0 aliphatic heterocycles. The normalized spacial score (nSPS) is 10.7. The number of halogens is 1. The van der Waals surface area contributed by atoms with Gasteiger partial charge in [-0.3, -0.25) is 10.1 Å². The molecule has 1 heterocycles. The molecule has 0 spiro atoms. The number of non-ortho nitro benzene ring substituents is 1. The van der Waals surface area contributed by atoms with Crippen LogP contribution in [0.25, 0.3) is 0 Å². The number of aryl methyl sites for hydroxylation is 1. The van der Waals surface area contributed by atoms with Crippen molar-refractivity contribution in [3.63, 3.8) is 0 Å². The van der Waals surface area contributed by atoms with Crippen LogP contribution in [0, 0.1) is 10.1 Å². The number of benzene rings is 1. The van der Waals surface area contributed by atoms with Crippen LogP contribution < -0.4 is 5.32 Å². The van der Waals surface area contributed by atoms with Gasteiger partial charge in [-0.25, -0.2) is 4.98 Å². The monoisotopic (exact) mass is 339 g/mol. The van der Waals surface area contributed by atoms with Crippen LogP contribution in [0.4, 0.5) is 5.69 Å². The summed E-state index contributed by atoms with van der Waals surface area (Å²) in [5.74, 6) is 1.46. The van der Waals surface area contributed by atoms with E-state index >= 15 is 0 Å². The average Bonchev–Trinajstić information content (AvgIpc) is 2.86. The Balaban J connectivity index is 1.95. The summed E-state index contributed by atoms with van der Waals surface area (Å²) in [6.07, 6.45) is 2.52. The van der Waals surface area contributed by atoms with Gasteiger partial charge in [0.05, 0.1) is 17.7 Å². The minimum Gasteiger partial charge on any atom is -0.444 e.